The van der Waals surface area contributed by atoms with Crippen molar-refractivity contribution in [3.63, 3.8) is 0 Å². The van der Waals surface area contributed by atoms with Gasteiger partial charge >= 0.3 is 0 Å². The number of halogens is 1. The maximum Gasteiger partial charge on any atom is 0.193 e. The van der Waals surface area contributed by atoms with Crippen molar-refractivity contribution in [3.8, 4) is 17.0 Å². The number of pyridine rings is 1. The highest BCUT2D eigenvalue weighted by atomic mass is 19.1. The van der Waals surface area contributed by atoms with Gasteiger partial charge in [0.25, 0.3) is 0 Å². The van der Waals surface area contributed by atoms with Crippen LogP contribution in [0.5, 0.6) is 5.75 Å². The van der Waals surface area contributed by atoms with Crippen LogP contribution in [0.4, 0.5) is 4.39 Å². The molecule has 0 saturated carbocycles. The standard InChI is InChI=1S/C16H10FNO3/c17-11-3-1-2-9(6-11)13-7-14(19)15-12(18-13)5-4-10-8-20-21-16(10)15/h1-7H,8H2,(H,18,19). The maximum atomic E-state index is 13.3. The Labute approximate surface area is 118 Å². The zero-order valence-electron chi connectivity index (χ0n) is 10.9. The molecule has 3 aromatic rings. The topological polar surface area (TPSA) is 51.3 Å². The minimum Gasteiger partial charge on any atom is -0.354 e. The lowest BCUT2D eigenvalue weighted by Gasteiger charge is -2.06. The molecule has 4 nitrogen and oxygen atoms in total. The van der Waals surface area contributed by atoms with E-state index in [1.165, 1.54) is 18.2 Å². The van der Waals surface area contributed by atoms with Crippen LogP contribution in [-0.4, -0.2) is 4.98 Å². The van der Waals surface area contributed by atoms with Crippen molar-refractivity contribution in [2.45, 2.75) is 6.61 Å². The van der Waals surface area contributed by atoms with Crippen LogP contribution in [-0.2, 0) is 11.5 Å². The smallest absolute Gasteiger partial charge is 0.193 e. The van der Waals surface area contributed by atoms with Crippen molar-refractivity contribution in [2.24, 2.45) is 0 Å². The Morgan fingerprint density at radius 1 is 1.14 bits per heavy atom. The normalized spacial score (nSPS) is 13.2. The lowest BCUT2D eigenvalue weighted by molar-refractivity contribution is -0.193. The van der Waals surface area contributed by atoms with Gasteiger partial charge in [-0.3, -0.25) is 4.79 Å². The van der Waals surface area contributed by atoms with E-state index in [1.807, 2.05) is 6.07 Å². The molecule has 104 valence electrons. The van der Waals surface area contributed by atoms with E-state index in [9.17, 15) is 9.18 Å². The Bertz CT molecular complexity index is 917. The molecule has 5 heteroatoms. The summed E-state index contributed by atoms with van der Waals surface area (Å²) in [7, 11) is 0. The molecule has 0 unspecified atom stereocenters. The van der Waals surface area contributed by atoms with E-state index in [2.05, 4.69) is 4.98 Å². The number of hydrogen-bond donors (Lipinski definition) is 1. The van der Waals surface area contributed by atoms with Crippen molar-refractivity contribution in [2.75, 3.05) is 0 Å². The summed E-state index contributed by atoms with van der Waals surface area (Å²) >= 11 is 0. The second kappa shape index (κ2) is 4.43. The lowest BCUT2D eigenvalue weighted by atomic mass is 10.1. The molecule has 1 aromatic heterocycles. The van der Waals surface area contributed by atoms with Crippen LogP contribution >= 0.6 is 0 Å². The van der Waals surface area contributed by atoms with Crippen molar-refractivity contribution < 1.29 is 14.2 Å². The number of fused-ring (bicyclic) bond motifs is 3. The first kappa shape index (κ1) is 12.1. The van der Waals surface area contributed by atoms with Crippen LogP contribution in [0, 0.1) is 5.82 Å². The molecule has 2 aromatic carbocycles. The summed E-state index contributed by atoms with van der Waals surface area (Å²) in [6, 6.07) is 11.2. The minimum absolute atomic E-state index is 0.189. The van der Waals surface area contributed by atoms with Crippen molar-refractivity contribution in [1.29, 1.82) is 0 Å². The molecule has 0 atom stereocenters. The molecule has 0 aliphatic carbocycles. The van der Waals surface area contributed by atoms with E-state index < -0.39 is 0 Å². The van der Waals surface area contributed by atoms with Crippen molar-refractivity contribution >= 4 is 10.9 Å². The first-order valence-corrected chi connectivity index (χ1v) is 6.47. The van der Waals surface area contributed by atoms with Crippen molar-refractivity contribution in [3.05, 3.63) is 64.1 Å². The molecule has 0 spiro atoms. The third-order valence-electron chi connectivity index (χ3n) is 3.52. The Morgan fingerprint density at radius 3 is 2.90 bits per heavy atom. The molecule has 0 saturated heterocycles. The van der Waals surface area contributed by atoms with Gasteiger partial charge in [-0.25, -0.2) is 4.39 Å². The minimum atomic E-state index is -0.348. The number of aromatic nitrogens is 1. The molecular formula is C16H10FNO3. The highest BCUT2D eigenvalue weighted by molar-refractivity contribution is 5.88. The first-order chi connectivity index (χ1) is 10.2. The SMILES string of the molecule is O=c1cc(-c2cccc(F)c2)[nH]c2ccc3c(c12)OOC3. The van der Waals surface area contributed by atoms with E-state index in [-0.39, 0.29) is 11.2 Å². The summed E-state index contributed by atoms with van der Waals surface area (Å²) in [5.74, 6) is 0.110. The molecule has 1 aliphatic heterocycles. The van der Waals surface area contributed by atoms with Gasteiger partial charge in [0, 0.05) is 22.9 Å². The van der Waals surface area contributed by atoms with Crippen LogP contribution in [0.3, 0.4) is 0 Å². The number of benzene rings is 2. The molecule has 21 heavy (non-hydrogen) atoms. The fraction of sp³-hybridized carbons (Fsp3) is 0.0625. The Kier molecular flexibility index (Phi) is 2.55. The van der Waals surface area contributed by atoms with Gasteiger partial charge in [0.05, 0.1) is 10.9 Å². The summed E-state index contributed by atoms with van der Waals surface area (Å²) in [4.78, 5) is 25.5. The van der Waals surface area contributed by atoms with E-state index in [0.717, 1.165) is 5.56 Å². The zero-order chi connectivity index (χ0) is 14.4. The average molecular weight is 283 g/mol. The van der Waals surface area contributed by atoms with Crippen LogP contribution in [0.25, 0.3) is 22.2 Å². The number of aromatic amines is 1. The van der Waals surface area contributed by atoms with Gasteiger partial charge in [0.2, 0.25) is 0 Å². The van der Waals surface area contributed by atoms with Gasteiger partial charge in [-0.1, -0.05) is 18.2 Å². The van der Waals surface area contributed by atoms with Crippen LogP contribution in [0.15, 0.2) is 47.3 Å². The molecule has 0 amide bonds. The maximum absolute atomic E-state index is 13.3. The van der Waals surface area contributed by atoms with Crippen molar-refractivity contribution in [1.82, 2.24) is 4.98 Å². The average Bonchev–Trinajstić information content (AvgIpc) is 2.95. The monoisotopic (exact) mass is 283 g/mol. The van der Waals surface area contributed by atoms with Crippen LogP contribution in [0.2, 0.25) is 0 Å². The van der Waals surface area contributed by atoms with E-state index in [4.69, 9.17) is 9.78 Å². The van der Waals surface area contributed by atoms with Gasteiger partial charge in [-0.2, -0.15) is 4.89 Å². The second-order valence-corrected chi connectivity index (χ2v) is 4.88. The summed E-state index contributed by atoms with van der Waals surface area (Å²) < 4.78 is 13.3. The Hall–Kier alpha value is -2.66. The number of rotatable bonds is 1. The second-order valence-electron chi connectivity index (χ2n) is 4.88. The summed E-state index contributed by atoms with van der Waals surface area (Å²) in [5, 5.41) is 0.449. The molecule has 0 radical (unpaired) electrons. The molecule has 0 bridgehead atoms. The summed E-state index contributed by atoms with van der Waals surface area (Å²) in [6.07, 6.45) is 0. The fourth-order valence-corrected chi connectivity index (χ4v) is 2.53. The number of H-pyrrole nitrogens is 1. The Balaban J connectivity index is 1.99. The summed E-state index contributed by atoms with van der Waals surface area (Å²) in [6.45, 7) is 0.330. The Morgan fingerprint density at radius 2 is 2.05 bits per heavy atom. The van der Waals surface area contributed by atoms with Gasteiger partial charge in [0.1, 0.15) is 12.4 Å². The predicted molar refractivity (Wildman–Crippen MR) is 75.4 cm³/mol. The van der Waals surface area contributed by atoms with Gasteiger partial charge < -0.3 is 9.87 Å². The van der Waals surface area contributed by atoms with Gasteiger partial charge in [-0.15, -0.1) is 0 Å². The fourth-order valence-electron chi connectivity index (χ4n) is 2.53. The van der Waals surface area contributed by atoms with E-state index in [0.29, 0.717) is 34.5 Å². The highest BCUT2D eigenvalue weighted by Crippen LogP contribution is 2.32. The summed E-state index contributed by atoms with van der Waals surface area (Å²) in [5.41, 5.74) is 2.46. The molecular weight excluding hydrogens is 273 g/mol. The van der Waals surface area contributed by atoms with Crippen LogP contribution in [0.1, 0.15) is 5.56 Å². The predicted octanol–water partition coefficient (Wildman–Crippen LogP) is 3.16. The molecule has 0 fully saturated rings. The van der Waals surface area contributed by atoms with Crippen LogP contribution < -0.4 is 10.3 Å². The van der Waals surface area contributed by atoms with Gasteiger partial charge in [-0.05, 0) is 18.2 Å². The molecule has 4 rings (SSSR count). The number of nitrogens with one attached hydrogen (secondary N) is 1. The third-order valence-corrected chi connectivity index (χ3v) is 3.52. The van der Waals surface area contributed by atoms with E-state index >= 15 is 0 Å². The van der Waals surface area contributed by atoms with E-state index in [1.54, 1.807) is 18.2 Å². The quantitative estimate of drug-likeness (QED) is 0.698. The third kappa shape index (κ3) is 1.90. The first-order valence-electron chi connectivity index (χ1n) is 6.47. The molecule has 2 heterocycles. The number of hydrogen-bond acceptors (Lipinski definition) is 3. The molecule has 1 aliphatic rings. The zero-order valence-corrected chi connectivity index (χ0v) is 10.9. The lowest BCUT2D eigenvalue weighted by Crippen LogP contribution is -2.04. The molecule has 1 N–H and O–H groups in total. The largest absolute Gasteiger partial charge is 0.354 e. The highest BCUT2D eigenvalue weighted by Gasteiger charge is 2.20. The van der Waals surface area contributed by atoms with Gasteiger partial charge in [0.15, 0.2) is 11.2 Å².